The van der Waals surface area contributed by atoms with E-state index in [-0.39, 0.29) is 117 Å². The average molecular weight is 1220 g/mol. The number of ketones is 5. The maximum absolute atomic E-state index is 11.9. The van der Waals surface area contributed by atoms with Gasteiger partial charge in [0.15, 0.2) is 28.6 Å². The number of nitrogens with zero attached hydrogens (tertiary/aromatic N) is 5. The number of nitrogens with two attached hydrogens (primary N) is 1. The van der Waals surface area contributed by atoms with Crippen LogP contribution < -0.4 is 5.90 Å². The van der Waals surface area contributed by atoms with Crippen LogP contribution in [0.15, 0.2) is 24.3 Å². The van der Waals surface area contributed by atoms with Gasteiger partial charge in [0.25, 0.3) is 23.6 Å². The van der Waals surface area contributed by atoms with Crippen molar-refractivity contribution in [1.29, 1.82) is 0 Å². The fourth-order valence-corrected chi connectivity index (χ4v) is 8.82. The van der Waals surface area contributed by atoms with E-state index in [1.807, 2.05) is 0 Å². The molecule has 4 saturated heterocycles. The quantitative estimate of drug-likeness (QED) is 0.0715. The van der Waals surface area contributed by atoms with Crippen molar-refractivity contribution >= 4 is 158 Å². The highest BCUT2D eigenvalue weighted by Crippen LogP contribution is 2.34. The summed E-state index contributed by atoms with van der Waals surface area (Å²) in [6.45, 7) is 12.0. The van der Waals surface area contributed by atoms with Crippen LogP contribution >= 0.6 is 47.9 Å². The minimum atomic E-state index is -0.971. The van der Waals surface area contributed by atoms with Crippen LogP contribution in [0.25, 0.3) is 0 Å². The second-order valence-corrected chi connectivity index (χ2v) is 21.4. The molecule has 10 amide bonds. The fourth-order valence-electron chi connectivity index (χ4n) is 7.07. The smallest absolute Gasteiger partial charge is 0.329 e. The molecule has 1 spiro atoms. The van der Waals surface area contributed by atoms with Crippen LogP contribution in [-0.4, -0.2) is 200 Å². The molecule has 3 N–H and O–H groups in total. The van der Waals surface area contributed by atoms with Crippen LogP contribution in [0.2, 0.25) is 0 Å². The molecule has 6 rings (SSSR count). The molecule has 2 unspecified atom stereocenters. The fraction of sp³-hybridized carbons (Fsp3) is 0.531. The summed E-state index contributed by atoms with van der Waals surface area (Å²) < 4.78 is -0.982. The summed E-state index contributed by atoms with van der Waals surface area (Å²) in [5, 5.41) is 6.70. The van der Waals surface area contributed by atoms with Gasteiger partial charge in [-0.2, -0.15) is 21.6 Å². The number of Topliss-reactive ketones (excluding diaryl/α,β-unsaturated/α-hetero) is 5. The minimum absolute atomic E-state index is 0.000185. The Morgan fingerprint density at radius 2 is 1.02 bits per heavy atom. The Kier molecular flexibility index (Phi) is 33.8. The monoisotopic (exact) mass is 1220 g/mol. The van der Waals surface area contributed by atoms with E-state index in [9.17, 15) is 91.1 Å². The van der Waals surface area contributed by atoms with Gasteiger partial charge < -0.3 is 19.7 Å². The van der Waals surface area contributed by atoms with Gasteiger partial charge >= 0.3 is 35.6 Å². The number of amides is 10. The molecule has 4 fully saturated rings. The standard InChI is InChI=1S/C12H13N2O6.C12H17NO4S.C9H10NO3.C8H9NO5S.C5H8O2S.C3H6OS.H3NO/c1-2-14(10(17)5-6-11(14)18)7-12(19)20-13-8(15)3-4-9(13)16;1-8(14)4-3-5-13-11(16)6-10(12(13)17)18-7-9(2)15;1-6(11)7-4-5-10(7)8(12)2-3-9(10)13;1-5(10)15-4-8(13)14-9-6(11)2-3-7(9)12;1-4(6)3-8-5(2)7;1-3(4)2-5;1-2/h5-6H,2-4,7H2,1H3;10H,3-7H2,1-2H3;2-3,7H,4-5H2,1H3;2-4H2,1H3;3H2,1-2H3;5H,2H2,1H3;2H,1H2/q+1;;+1;;;;. The number of rotatable bonds is 18. The van der Waals surface area contributed by atoms with Crippen LogP contribution in [0.4, 0.5) is 0 Å². The number of carbonyl (C=O) groups excluding carboxylic acids is 19. The number of hydrogen-bond acceptors (Lipinski definition) is 27. The van der Waals surface area contributed by atoms with E-state index in [0.29, 0.717) is 54.0 Å². The molecule has 28 nitrogen and oxygen atoms in total. The zero-order valence-corrected chi connectivity index (χ0v) is 49.1. The third-order valence-corrected chi connectivity index (χ3v) is 14.7. The van der Waals surface area contributed by atoms with Crippen molar-refractivity contribution in [3.63, 3.8) is 0 Å². The van der Waals surface area contributed by atoms with Gasteiger partial charge in [-0.15, -0.1) is 21.9 Å². The lowest BCUT2D eigenvalue weighted by atomic mass is 9.94. The van der Waals surface area contributed by atoms with Crippen molar-refractivity contribution in [2.24, 2.45) is 5.90 Å². The molecule has 446 valence electrons. The number of likely N-dealkylation sites (N-methyl/N-ethyl adjacent to an activating group) is 1. The van der Waals surface area contributed by atoms with Crippen LogP contribution in [0.5, 0.6) is 0 Å². The van der Waals surface area contributed by atoms with Gasteiger partial charge in [0.1, 0.15) is 35.4 Å². The van der Waals surface area contributed by atoms with E-state index in [1.165, 1.54) is 77.3 Å². The van der Waals surface area contributed by atoms with Gasteiger partial charge in [0, 0.05) is 71.6 Å². The predicted molar refractivity (Wildman–Crippen MR) is 288 cm³/mol. The zero-order chi connectivity index (χ0) is 62.5. The van der Waals surface area contributed by atoms with Gasteiger partial charge in [0.05, 0.1) is 54.0 Å². The van der Waals surface area contributed by atoms with Crippen LogP contribution in [0.3, 0.4) is 0 Å². The maximum Gasteiger partial charge on any atom is 0.388 e. The second kappa shape index (κ2) is 36.7. The summed E-state index contributed by atoms with van der Waals surface area (Å²) in [6.07, 6.45) is 6.55. The number of likely N-dealkylation sites (tertiary alicyclic amines) is 1. The van der Waals surface area contributed by atoms with Crippen LogP contribution in [0.1, 0.15) is 107 Å². The summed E-state index contributed by atoms with van der Waals surface area (Å²) in [5.41, 5.74) is 0. The van der Waals surface area contributed by atoms with Gasteiger partial charge in [-0.1, -0.05) is 23.5 Å². The van der Waals surface area contributed by atoms with Crippen LogP contribution in [0, 0.1) is 0 Å². The third-order valence-electron chi connectivity index (χ3n) is 11.2. The van der Waals surface area contributed by atoms with Crippen molar-refractivity contribution in [2.75, 3.05) is 49.2 Å². The third kappa shape index (κ3) is 24.2. The highest BCUT2D eigenvalue weighted by molar-refractivity contribution is 8.14. The summed E-state index contributed by atoms with van der Waals surface area (Å²) in [4.78, 5) is 221. The summed E-state index contributed by atoms with van der Waals surface area (Å²) in [7, 11) is 0. The highest BCUT2D eigenvalue weighted by Gasteiger charge is 2.61. The van der Waals surface area contributed by atoms with E-state index in [2.05, 4.69) is 28.2 Å². The molecule has 81 heavy (non-hydrogen) atoms. The maximum atomic E-state index is 11.9. The van der Waals surface area contributed by atoms with Gasteiger partial charge in [-0.05, 0) is 41.0 Å². The van der Waals surface area contributed by atoms with Crippen LogP contribution in [-0.2, 0) is 101 Å². The average Bonchev–Trinajstić information content (AvgIpc) is 4.19. The molecule has 6 aliphatic heterocycles. The van der Waals surface area contributed by atoms with Crippen molar-refractivity contribution in [2.45, 2.75) is 118 Å². The topological polar surface area (TPSA) is 399 Å². The van der Waals surface area contributed by atoms with E-state index in [1.54, 1.807) is 6.92 Å². The first-order valence-electron chi connectivity index (χ1n) is 24.3. The normalized spacial score (nSPS) is 18.5. The molecule has 0 aromatic rings. The van der Waals surface area contributed by atoms with Gasteiger partial charge in [0.2, 0.25) is 11.8 Å². The molecule has 0 aromatic carbocycles. The van der Waals surface area contributed by atoms with Gasteiger partial charge in [-0.25, -0.2) is 34.7 Å². The number of hydroxylamine groups is 4. The predicted octanol–water partition coefficient (Wildman–Crippen LogP) is 0.214. The lowest BCUT2D eigenvalue weighted by Crippen LogP contribution is -2.70. The molecule has 0 aliphatic carbocycles. The van der Waals surface area contributed by atoms with E-state index in [0.717, 1.165) is 35.7 Å². The Morgan fingerprint density at radius 3 is 1.37 bits per heavy atom. The Balaban J connectivity index is 0.000000979. The SMILES string of the molecule is CC(=O)C1CC[N+]12C(=O)C=CC2=O.CC(=O)CCCN1C(=O)CC(SCC(C)=O)C1=O.CC(=O)CS.CC(=O)CSC(C)=O.CC(=O)SCC(=O)ON1C(=O)CCC1=O.CC[N+]1(CC(=O)ON2C(=O)CCC2=O)C(=O)C=CC1=O.NO. The number of quaternary nitrogens is 2. The molecule has 6 heterocycles. The Morgan fingerprint density at radius 1 is 0.605 bits per heavy atom. The molecular formula is C49H66N6O22S4+2. The van der Waals surface area contributed by atoms with Crippen molar-refractivity contribution in [3.05, 3.63) is 24.3 Å². The summed E-state index contributed by atoms with van der Waals surface area (Å²) in [5.74, 6) is -1.60. The summed E-state index contributed by atoms with van der Waals surface area (Å²) >= 11 is 6.70. The van der Waals surface area contributed by atoms with Crippen molar-refractivity contribution < 1.29 is 115 Å². The molecule has 2 atom stereocenters. The summed E-state index contributed by atoms with van der Waals surface area (Å²) in [6, 6.07) is -0.421. The van der Waals surface area contributed by atoms with E-state index >= 15 is 0 Å². The lowest BCUT2D eigenvalue weighted by molar-refractivity contribution is -0.832. The number of imide groups is 5. The van der Waals surface area contributed by atoms with E-state index in [4.69, 9.17) is 5.21 Å². The number of hydrogen-bond donors (Lipinski definition) is 3. The zero-order valence-electron chi connectivity index (χ0n) is 45.8. The highest BCUT2D eigenvalue weighted by atomic mass is 32.2. The molecular weight excluding hydrogens is 1150 g/mol. The molecule has 0 aromatic heterocycles. The molecule has 0 radical (unpaired) electrons. The number of thioether (sulfide) groups is 3. The molecule has 0 saturated carbocycles. The Hall–Kier alpha value is -6.55. The van der Waals surface area contributed by atoms with Gasteiger partial charge in [-0.3, -0.25) is 62.4 Å². The van der Waals surface area contributed by atoms with Crippen molar-refractivity contribution in [3.8, 4) is 0 Å². The first kappa shape index (κ1) is 74.5. The van der Waals surface area contributed by atoms with E-state index < -0.39 is 69.7 Å². The molecule has 32 heteroatoms. The minimum Gasteiger partial charge on any atom is -0.329 e. The number of thiol groups is 1. The Labute approximate surface area is 483 Å². The molecule has 6 aliphatic rings. The largest absolute Gasteiger partial charge is 0.388 e. The Bertz CT molecular complexity index is 2500. The first-order valence-corrected chi connectivity index (χ1v) is 28.0. The number of carbonyl (C=O) groups is 19. The first-order chi connectivity index (χ1) is 37.8. The van der Waals surface area contributed by atoms with Crippen molar-refractivity contribution in [1.82, 2.24) is 15.0 Å². The second-order valence-electron chi connectivity index (χ2n) is 17.6. The molecule has 0 bridgehead atoms. The lowest BCUT2D eigenvalue weighted by Gasteiger charge is -2.43.